The van der Waals surface area contributed by atoms with Crippen molar-refractivity contribution >= 4 is 46.5 Å². The minimum absolute atomic E-state index is 0.00926. The van der Waals surface area contributed by atoms with Gasteiger partial charge in [0, 0.05) is 10.9 Å². The molecule has 0 aliphatic heterocycles. The standard InChI is InChI=1S/C8H6N2OS.C3H2N2O2S/c9-8(11)6-1-3-7(4-2-6)10-5-12;6-3(7)2-1-8-5-4-2/h1-4H,(H2,9,11);1H,(H,6,7). The van der Waals surface area contributed by atoms with Crippen LogP contribution in [0.25, 0.3) is 0 Å². The largest absolute Gasteiger partial charge is 0.476 e. The number of carbonyl (C=O) groups excluding carboxylic acids is 1. The zero-order valence-corrected chi connectivity index (χ0v) is 11.5. The van der Waals surface area contributed by atoms with Gasteiger partial charge in [-0.2, -0.15) is 4.99 Å². The van der Waals surface area contributed by atoms with E-state index in [1.165, 1.54) is 5.38 Å². The monoisotopic (exact) mass is 308 g/mol. The first-order chi connectivity index (χ1) is 9.54. The van der Waals surface area contributed by atoms with E-state index in [2.05, 4.69) is 32.0 Å². The second kappa shape index (κ2) is 7.85. The van der Waals surface area contributed by atoms with Gasteiger partial charge in [0.05, 0.1) is 10.8 Å². The number of aliphatic imine (C=N–C) groups is 1. The quantitative estimate of drug-likeness (QED) is 0.658. The van der Waals surface area contributed by atoms with Crippen molar-refractivity contribution in [2.24, 2.45) is 10.7 Å². The minimum Gasteiger partial charge on any atom is -0.476 e. The van der Waals surface area contributed by atoms with E-state index in [1.807, 2.05) is 0 Å². The predicted molar refractivity (Wildman–Crippen MR) is 76.5 cm³/mol. The molecule has 0 atom stereocenters. The lowest BCUT2D eigenvalue weighted by Gasteiger charge is -1.93. The van der Waals surface area contributed by atoms with Crippen molar-refractivity contribution in [1.82, 2.24) is 9.59 Å². The fourth-order valence-corrected chi connectivity index (χ4v) is 1.55. The molecule has 3 N–H and O–H groups in total. The van der Waals surface area contributed by atoms with Crippen LogP contribution in [0.2, 0.25) is 0 Å². The molecule has 0 saturated heterocycles. The maximum absolute atomic E-state index is 10.6. The van der Waals surface area contributed by atoms with E-state index in [4.69, 9.17) is 10.8 Å². The maximum atomic E-state index is 10.6. The number of nitrogens with two attached hydrogens (primary N) is 1. The number of aromatic nitrogens is 2. The van der Waals surface area contributed by atoms with E-state index in [1.54, 1.807) is 24.3 Å². The van der Waals surface area contributed by atoms with Gasteiger partial charge in [-0.1, -0.05) is 4.49 Å². The summed E-state index contributed by atoms with van der Waals surface area (Å²) in [4.78, 5) is 24.3. The molecule has 9 heteroatoms. The summed E-state index contributed by atoms with van der Waals surface area (Å²) in [7, 11) is 0. The number of isothiocyanates is 1. The van der Waals surface area contributed by atoms with Crippen molar-refractivity contribution in [1.29, 1.82) is 0 Å². The number of hydrogen-bond acceptors (Lipinski definition) is 7. The summed E-state index contributed by atoms with van der Waals surface area (Å²) >= 11 is 5.44. The van der Waals surface area contributed by atoms with Crippen LogP contribution in [0.3, 0.4) is 0 Å². The van der Waals surface area contributed by atoms with Crippen molar-refractivity contribution in [2.45, 2.75) is 0 Å². The number of rotatable bonds is 3. The molecule has 1 aromatic carbocycles. The zero-order valence-electron chi connectivity index (χ0n) is 9.89. The molecule has 7 nitrogen and oxygen atoms in total. The van der Waals surface area contributed by atoms with Crippen molar-refractivity contribution in [3.63, 3.8) is 0 Å². The summed E-state index contributed by atoms with van der Waals surface area (Å²) in [6.07, 6.45) is 0. The number of benzene rings is 1. The number of carboxylic acids is 1. The Hall–Kier alpha value is -2.48. The van der Waals surface area contributed by atoms with Gasteiger partial charge in [0.2, 0.25) is 5.91 Å². The van der Waals surface area contributed by atoms with Gasteiger partial charge >= 0.3 is 5.97 Å². The highest BCUT2D eigenvalue weighted by molar-refractivity contribution is 7.78. The van der Waals surface area contributed by atoms with Crippen LogP contribution in [0.1, 0.15) is 20.8 Å². The highest BCUT2D eigenvalue weighted by atomic mass is 32.1. The summed E-state index contributed by atoms with van der Waals surface area (Å²) in [6, 6.07) is 6.49. The Morgan fingerprint density at radius 1 is 1.35 bits per heavy atom. The van der Waals surface area contributed by atoms with Crippen LogP contribution in [0.4, 0.5) is 5.69 Å². The zero-order chi connectivity index (χ0) is 15.0. The van der Waals surface area contributed by atoms with E-state index >= 15 is 0 Å². The molecular formula is C11H8N4O3S2. The summed E-state index contributed by atoms with van der Waals surface area (Å²) in [5.74, 6) is -1.48. The molecule has 2 aromatic rings. The van der Waals surface area contributed by atoms with Crippen LogP contribution in [0.5, 0.6) is 0 Å². The van der Waals surface area contributed by atoms with Crippen LogP contribution in [0.15, 0.2) is 34.6 Å². The van der Waals surface area contributed by atoms with E-state index in [0.29, 0.717) is 11.3 Å². The van der Waals surface area contributed by atoms with Crippen LogP contribution >= 0.6 is 23.8 Å². The van der Waals surface area contributed by atoms with Crippen molar-refractivity contribution < 1.29 is 14.7 Å². The first-order valence-electron chi connectivity index (χ1n) is 5.02. The number of thiocarbonyl (C=S) groups is 1. The average Bonchev–Trinajstić information content (AvgIpc) is 2.94. The highest BCUT2D eigenvalue weighted by Gasteiger charge is 2.02. The third kappa shape index (κ3) is 5.02. The second-order valence-electron chi connectivity index (χ2n) is 3.21. The first-order valence-corrected chi connectivity index (χ1v) is 6.27. The van der Waals surface area contributed by atoms with Gasteiger partial charge in [0.25, 0.3) is 0 Å². The highest BCUT2D eigenvalue weighted by Crippen LogP contribution is 2.11. The van der Waals surface area contributed by atoms with Crippen LogP contribution in [0, 0.1) is 0 Å². The normalized spacial score (nSPS) is 8.80. The molecule has 2 rings (SSSR count). The summed E-state index contributed by atoms with van der Waals surface area (Å²) < 4.78 is 3.35. The lowest BCUT2D eigenvalue weighted by Crippen LogP contribution is -2.10. The lowest BCUT2D eigenvalue weighted by molar-refractivity contribution is 0.0690. The van der Waals surface area contributed by atoms with Crippen molar-refractivity contribution in [3.8, 4) is 0 Å². The van der Waals surface area contributed by atoms with Crippen LogP contribution in [-0.4, -0.2) is 31.7 Å². The van der Waals surface area contributed by atoms with Gasteiger partial charge in [0.15, 0.2) is 5.69 Å². The molecule has 0 aliphatic carbocycles. The number of carboxylic acid groups (broad SMARTS) is 1. The fraction of sp³-hybridized carbons (Fsp3) is 0. The number of aromatic carboxylic acids is 1. The molecule has 0 bridgehead atoms. The molecule has 1 aromatic heterocycles. The van der Waals surface area contributed by atoms with Gasteiger partial charge in [-0.05, 0) is 48.0 Å². The molecule has 102 valence electrons. The third-order valence-electron chi connectivity index (χ3n) is 1.91. The van der Waals surface area contributed by atoms with Gasteiger partial charge in [-0.3, -0.25) is 4.79 Å². The van der Waals surface area contributed by atoms with Crippen LogP contribution < -0.4 is 5.73 Å². The van der Waals surface area contributed by atoms with Crippen molar-refractivity contribution in [3.05, 3.63) is 40.9 Å². The van der Waals surface area contributed by atoms with E-state index in [-0.39, 0.29) is 5.69 Å². The smallest absolute Gasteiger partial charge is 0.357 e. The fourth-order valence-electron chi connectivity index (χ4n) is 1.01. The molecule has 0 fully saturated rings. The number of hydrogen-bond donors (Lipinski definition) is 2. The Balaban J connectivity index is 0.000000217. The molecule has 1 heterocycles. The number of nitrogens with zero attached hydrogens (tertiary/aromatic N) is 3. The molecular weight excluding hydrogens is 300 g/mol. The van der Waals surface area contributed by atoms with Gasteiger partial charge in [-0.15, -0.1) is 5.10 Å². The first kappa shape index (κ1) is 15.6. The molecule has 0 spiro atoms. The van der Waals surface area contributed by atoms with E-state index in [0.717, 1.165) is 11.5 Å². The third-order valence-corrected chi connectivity index (χ3v) is 2.50. The number of primary amides is 1. The number of amides is 1. The van der Waals surface area contributed by atoms with E-state index in [9.17, 15) is 9.59 Å². The SMILES string of the molecule is NC(=O)c1ccc(N=C=S)cc1.O=C(O)c1csnn1. The Morgan fingerprint density at radius 2 is 2.00 bits per heavy atom. The molecule has 0 unspecified atom stereocenters. The maximum Gasteiger partial charge on any atom is 0.357 e. The van der Waals surface area contributed by atoms with Crippen LogP contribution in [-0.2, 0) is 0 Å². The molecule has 1 amide bonds. The average molecular weight is 308 g/mol. The topological polar surface area (TPSA) is 119 Å². The summed E-state index contributed by atoms with van der Waals surface area (Å²) in [5, 5.41) is 15.1. The summed E-state index contributed by atoms with van der Waals surface area (Å²) in [6.45, 7) is 0. The molecule has 20 heavy (non-hydrogen) atoms. The molecule has 0 aliphatic rings. The van der Waals surface area contributed by atoms with Gasteiger partial charge in [0.1, 0.15) is 0 Å². The second-order valence-corrected chi connectivity index (χ2v) is 4.00. The van der Waals surface area contributed by atoms with Crippen molar-refractivity contribution in [2.75, 3.05) is 0 Å². The van der Waals surface area contributed by atoms with E-state index < -0.39 is 11.9 Å². The Labute approximate surface area is 122 Å². The molecule has 0 saturated carbocycles. The Kier molecular flexibility index (Phi) is 6.11. The minimum atomic E-state index is -1.03. The Morgan fingerprint density at radius 3 is 2.35 bits per heavy atom. The Bertz CT molecular complexity index is 613. The summed E-state index contributed by atoms with van der Waals surface area (Å²) in [5.41, 5.74) is 6.16. The molecule has 0 radical (unpaired) electrons. The predicted octanol–water partition coefficient (Wildman–Crippen LogP) is 1.76. The van der Waals surface area contributed by atoms with Gasteiger partial charge in [-0.25, -0.2) is 4.79 Å². The number of carbonyl (C=O) groups is 2. The lowest BCUT2D eigenvalue weighted by atomic mass is 10.2. The van der Waals surface area contributed by atoms with Gasteiger partial charge < -0.3 is 10.8 Å².